The Morgan fingerprint density at radius 2 is 0.512 bits per heavy atom. The van der Waals surface area contributed by atoms with Crippen molar-refractivity contribution < 1.29 is 25.5 Å². The van der Waals surface area contributed by atoms with Crippen molar-refractivity contribution >= 4 is 5.82 Å². The molecule has 0 bridgehead atoms. The van der Waals surface area contributed by atoms with E-state index in [1.807, 2.05) is 88.9 Å². The van der Waals surface area contributed by atoms with Crippen molar-refractivity contribution in [1.82, 2.24) is 51.5 Å². The van der Waals surface area contributed by atoms with E-state index in [1.54, 1.807) is 24.7 Å². The number of nitrogens with zero attached hydrogens (tertiary/aromatic N) is 6. The van der Waals surface area contributed by atoms with Crippen molar-refractivity contribution in [3.63, 3.8) is 0 Å². The summed E-state index contributed by atoms with van der Waals surface area (Å²) in [6.07, 6.45) is 12.5. The van der Waals surface area contributed by atoms with Gasteiger partial charge in [0.05, 0.1) is 0 Å². The van der Waals surface area contributed by atoms with Gasteiger partial charge in [0, 0.05) is 181 Å². The molecule has 10 N–H and O–H groups in total. The number of phenols is 5. The Hall–Kier alpha value is -9.86. The molecule has 5 aromatic carbocycles. The van der Waals surface area contributed by atoms with Crippen LogP contribution in [0.15, 0.2) is 153 Å². The highest BCUT2D eigenvalue weighted by atomic mass is 16.3. The van der Waals surface area contributed by atoms with Crippen LogP contribution in [0.1, 0.15) is 286 Å². The van der Waals surface area contributed by atoms with Crippen LogP contribution in [0.25, 0.3) is 60.5 Å². The van der Waals surface area contributed by atoms with E-state index in [-0.39, 0.29) is 60.5 Å². The average Bonchev–Trinajstić information content (AvgIpc) is 0.808. The first-order chi connectivity index (χ1) is 55.4. The monoisotopic (exact) mass is 1640 g/mol. The maximum absolute atomic E-state index is 10.9. The van der Waals surface area contributed by atoms with Crippen molar-refractivity contribution in [2.45, 2.75) is 323 Å². The van der Waals surface area contributed by atoms with Crippen LogP contribution in [-0.2, 0) is 59.8 Å². The van der Waals surface area contributed by atoms with Crippen LogP contribution in [0.3, 0.4) is 0 Å². The van der Waals surface area contributed by atoms with Crippen LogP contribution in [0.5, 0.6) is 28.7 Å². The van der Waals surface area contributed by atoms with Crippen molar-refractivity contribution in [2.24, 2.45) is 0 Å². The first kappa shape index (κ1) is 100.0. The van der Waals surface area contributed by atoms with Crippen LogP contribution in [0, 0.1) is 34.3 Å². The predicted molar refractivity (Wildman–Crippen MR) is 508 cm³/mol. The average molecular weight is 1640 g/mol. The highest BCUT2D eigenvalue weighted by molar-refractivity contribution is 5.77. The summed E-state index contributed by atoms with van der Waals surface area (Å²) in [6.45, 7) is 82.8. The zero-order valence-corrected chi connectivity index (χ0v) is 79.9. The molecule has 10 rings (SSSR count). The topological polar surface area (TPSA) is 230 Å². The molecule has 0 unspecified atom stereocenters. The minimum atomic E-state index is -0.0389. The Labute approximate surface area is 728 Å². The molecule has 121 heavy (non-hydrogen) atoms. The van der Waals surface area contributed by atoms with E-state index in [1.165, 1.54) is 22.3 Å². The van der Waals surface area contributed by atoms with E-state index in [0.29, 0.717) is 61.5 Å². The zero-order valence-electron chi connectivity index (χ0n) is 79.9. The number of hydrogen-bond acceptors (Lipinski definition) is 15. The molecule has 0 saturated heterocycles. The molecule has 0 spiro atoms. The summed E-state index contributed by atoms with van der Waals surface area (Å²) in [5.41, 5.74) is 23.5. The van der Waals surface area contributed by atoms with Crippen LogP contribution in [0.4, 0.5) is 5.82 Å². The van der Waals surface area contributed by atoms with Gasteiger partial charge in [0.25, 0.3) is 5.82 Å². The molecule has 0 aliphatic carbocycles. The largest absolute Gasteiger partial charge is 0.507 e. The molecule has 5 heterocycles. The van der Waals surface area contributed by atoms with E-state index >= 15 is 0 Å². The highest BCUT2D eigenvalue weighted by Gasteiger charge is 2.28. The Balaban J connectivity index is 0.000000234. The fourth-order valence-electron chi connectivity index (χ4n) is 12.7. The summed E-state index contributed by atoms with van der Waals surface area (Å²) in [7, 11) is 0. The summed E-state index contributed by atoms with van der Waals surface area (Å²) >= 11 is 0. The maximum atomic E-state index is 10.9. The molecular weight excluding hydrogens is 1500 g/mol. The summed E-state index contributed by atoms with van der Waals surface area (Å²) in [6, 6.07) is 36.5. The third-order valence-corrected chi connectivity index (χ3v) is 20.3. The predicted octanol–water partition coefficient (Wildman–Crippen LogP) is 25.0. The van der Waals surface area contributed by atoms with Crippen molar-refractivity contribution in [2.75, 3.05) is 0 Å². The van der Waals surface area contributed by atoms with Crippen molar-refractivity contribution in [1.29, 1.82) is 0 Å². The molecule has 5 aromatic heterocycles. The zero-order chi connectivity index (χ0) is 91.3. The third-order valence-electron chi connectivity index (χ3n) is 20.3. The lowest BCUT2D eigenvalue weighted by atomic mass is 9.83. The smallest absolute Gasteiger partial charge is 0.269 e. The third kappa shape index (κ3) is 31.5. The Kier molecular flexibility index (Phi) is 33.0. The van der Waals surface area contributed by atoms with Gasteiger partial charge in [-0.2, -0.15) is 0 Å². The van der Waals surface area contributed by atoms with Crippen molar-refractivity contribution in [3.8, 4) is 84.4 Å². The Morgan fingerprint density at radius 1 is 0.273 bits per heavy atom. The molecule has 0 amide bonds. The first-order valence-electron chi connectivity index (χ1n) is 42.5. The number of benzene rings is 5. The lowest BCUT2D eigenvalue weighted by Crippen LogP contribution is -2.35. The summed E-state index contributed by atoms with van der Waals surface area (Å²) in [5.74, 6) is 2.00. The summed E-state index contributed by atoms with van der Waals surface area (Å²) < 4.78 is 0. The Morgan fingerprint density at radius 3 is 0.711 bits per heavy atom. The van der Waals surface area contributed by atoms with Gasteiger partial charge in [-0.25, -0.2) is 0 Å². The molecule has 0 aliphatic heterocycles. The number of nitrogens with one attached hydrogen (secondary N) is 5. The van der Waals surface area contributed by atoms with Crippen LogP contribution in [0.2, 0.25) is 0 Å². The second kappa shape index (κ2) is 40.0. The fourth-order valence-corrected chi connectivity index (χ4v) is 12.7. The molecule has 0 aliphatic rings. The minimum absolute atomic E-state index is 0.00239. The number of rotatable bonds is 15. The first-order valence-corrected chi connectivity index (χ1v) is 42.5. The van der Waals surface area contributed by atoms with Crippen LogP contribution >= 0.6 is 0 Å². The molecule has 16 heteroatoms. The van der Waals surface area contributed by atoms with Gasteiger partial charge in [0.15, 0.2) is 0 Å². The molecule has 652 valence electrons. The van der Waals surface area contributed by atoms with E-state index in [4.69, 9.17) is 6.57 Å². The number of aryl methyl sites for hydroxylation is 4. The van der Waals surface area contributed by atoms with Gasteiger partial charge in [0.2, 0.25) is 0 Å². The number of aromatic hydroxyl groups is 5. The van der Waals surface area contributed by atoms with Gasteiger partial charge >= 0.3 is 0 Å². The fraction of sp³-hybridized carbons (Fsp3) is 0.467. The second-order valence-electron chi connectivity index (χ2n) is 42.8. The number of aromatic nitrogens is 5. The number of pyridine rings is 5. The lowest BCUT2D eigenvalue weighted by molar-refractivity contribution is 0.411. The standard InChI is InChI=1S/C21H27N3O.4C21H30N2O/c1-20(2,3)16-10-15(13-24-21(4,5)6)19(25)17(11-16)14-8-9-18(22-7)23-12-14;2*1-14-8-15(12-22-11-14)18-10-17(20(2,3)4)9-16(19(18)24)13-23-21(5,6)7;2*1-14-10-15(8-9-22-14)18-12-17(20(2,3)4)11-16(19(18)24)13-23-21(5,6)7/h8-12,24-25H,13H2,1-6H3;4*8-12,23-24H,13H2,1-7H3. The molecule has 0 atom stereocenters. The highest BCUT2D eigenvalue weighted by Crippen LogP contribution is 2.44. The lowest BCUT2D eigenvalue weighted by Gasteiger charge is -2.25. The van der Waals surface area contributed by atoms with Crippen LogP contribution in [-0.4, -0.2) is 78.1 Å². The second-order valence-corrected chi connectivity index (χ2v) is 42.8. The maximum Gasteiger partial charge on any atom is 0.269 e. The molecule has 16 nitrogen and oxygen atoms in total. The van der Waals surface area contributed by atoms with Gasteiger partial charge in [-0.1, -0.05) is 147 Å². The van der Waals surface area contributed by atoms with Gasteiger partial charge in [-0.3, -0.25) is 19.9 Å². The van der Waals surface area contributed by atoms with E-state index in [2.05, 4.69) is 331 Å². The molecule has 0 radical (unpaired) electrons. The van der Waals surface area contributed by atoms with Gasteiger partial charge in [0.1, 0.15) is 34.9 Å². The number of hydrogen-bond donors (Lipinski definition) is 10. The van der Waals surface area contributed by atoms with Gasteiger partial charge in [-0.15, -0.1) is 4.98 Å². The van der Waals surface area contributed by atoms with Gasteiger partial charge < -0.3 is 57.0 Å². The van der Waals surface area contributed by atoms with E-state index < -0.39 is 0 Å². The normalized spacial score (nSPS) is 12.4. The van der Waals surface area contributed by atoms with Gasteiger partial charge in [-0.05, 0) is 281 Å². The van der Waals surface area contributed by atoms with E-state index in [9.17, 15) is 25.5 Å². The molecular formula is C105H147N11O5. The quantitative estimate of drug-likeness (QED) is 0.0431. The van der Waals surface area contributed by atoms with E-state index in [0.717, 1.165) is 112 Å². The molecule has 0 fully saturated rings. The molecule has 10 aromatic rings. The minimum Gasteiger partial charge on any atom is -0.507 e. The number of phenolic OH excluding ortho intramolecular Hbond substituents is 5. The summed E-state index contributed by atoms with van der Waals surface area (Å²) in [4.78, 5) is 24.6. The molecule has 0 saturated carbocycles. The Bertz CT molecular complexity index is 4670. The summed E-state index contributed by atoms with van der Waals surface area (Å²) in [5, 5.41) is 71.6. The van der Waals surface area contributed by atoms with Crippen molar-refractivity contribution in [3.05, 3.63) is 242 Å². The SMILES string of the molecule is Cc1cc(-c2cc(C(C)(C)C)cc(CNC(C)(C)C)c2O)ccn1.Cc1cc(-c2cc(C(C)(C)C)cc(CNC(C)(C)C)c2O)ccn1.Cc1cncc(-c2cc(C(C)(C)C)cc(CNC(C)(C)C)c2O)c1.Cc1cncc(-c2cc(C(C)(C)C)cc(CNC(C)(C)C)c2O)c1.[C-]#[N+]c1ccc(-c2cc(C(C)(C)C)cc(CNC(C)(C)C)c2O)cn1. The van der Waals surface area contributed by atoms with Crippen LogP contribution < -0.4 is 26.6 Å².